The van der Waals surface area contributed by atoms with Crippen molar-refractivity contribution >= 4 is 12.1 Å². The molecule has 1 aliphatic heterocycles. The number of carboxylic acid groups (broad SMARTS) is 1. The van der Waals surface area contributed by atoms with Gasteiger partial charge in [0.1, 0.15) is 5.60 Å². The fraction of sp³-hybridized carbons (Fsp3) is 0.517. The van der Waals surface area contributed by atoms with Gasteiger partial charge in [-0.15, -0.1) is 0 Å². The van der Waals surface area contributed by atoms with Crippen LogP contribution in [0.4, 0.5) is 4.79 Å². The number of nitrogens with zero attached hydrogens (tertiary/aromatic N) is 2. The van der Waals surface area contributed by atoms with E-state index in [4.69, 9.17) is 9.84 Å². The molecule has 2 fully saturated rings. The molecule has 2 aromatic rings. The Bertz CT molecular complexity index is 992. The van der Waals surface area contributed by atoms with Gasteiger partial charge in [-0.2, -0.15) is 0 Å². The molecular weight excluding hydrogens is 440 g/mol. The molecule has 2 aromatic carbocycles. The summed E-state index contributed by atoms with van der Waals surface area (Å²) in [5.41, 5.74) is 2.83. The second-order valence-corrected chi connectivity index (χ2v) is 11.1. The zero-order valence-corrected chi connectivity index (χ0v) is 21.2. The zero-order chi connectivity index (χ0) is 25.0. The molecule has 0 unspecified atom stereocenters. The summed E-state index contributed by atoms with van der Waals surface area (Å²) in [4.78, 5) is 28.5. The highest BCUT2D eigenvalue weighted by Gasteiger charge is 2.46. The normalized spacial score (nSPS) is 20.9. The Morgan fingerprint density at radius 1 is 1.00 bits per heavy atom. The van der Waals surface area contributed by atoms with Crippen LogP contribution < -0.4 is 0 Å². The van der Waals surface area contributed by atoms with Crippen LogP contribution in [0, 0.1) is 5.92 Å². The van der Waals surface area contributed by atoms with E-state index in [9.17, 15) is 9.59 Å². The van der Waals surface area contributed by atoms with Crippen LogP contribution in [0.5, 0.6) is 0 Å². The first-order chi connectivity index (χ1) is 16.7. The van der Waals surface area contributed by atoms with Gasteiger partial charge in [-0.05, 0) is 75.7 Å². The maximum absolute atomic E-state index is 13.1. The number of aliphatic carboxylic acids is 1. The van der Waals surface area contributed by atoms with Crippen molar-refractivity contribution < 1.29 is 19.4 Å². The highest BCUT2D eigenvalue weighted by atomic mass is 16.6. The summed E-state index contributed by atoms with van der Waals surface area (Å²) in [6.07, 6.45) is 2.98. The number of piperidine rings is 1. The number of hydrogen-bond acceptors (Lipinski definition) is 4. The molecular formula is C29H38N2O4. The smallest absolute Gasteiger partial charge is 0.410 e. The van der Waals surface area contributed by atoms with Crippen LogP contribution in [-0.4, -0.2) is 58.2 Å². The van der Waals surface area contributed by atoms with Gasteiger partial charge in [0.15, 0.2) is 0 Å². The molecule has 1 saturated carbocycles. The lowest BCUT2D eigenvalue weighted by Gasteiger charge is -2.36. The van der Waals surface area contributed by atoms with E-state index in [1.54, 1.807) is 0 Å². The van der Waals surface area contributed by atoms with Crippen molar-refractivity contribution in [2.24, 2.45) is 5.92 Å². The zero-order valence-electron chi connectivity index (χ0n) is 21.2. The molecule has 0 spiro atoms. The van der Waals surface area contributed by atoms with Gasteiger partial charge in [-0.3, -0.25) is 9.69 Å². The Morgan fingerprint density at radius 2 is 1.63 bits per heavy atom. The predicted octanol–water partition coefficient (Wildman–Crippen LogP) is 5.32. The van der Waals surface area contributed by atoms with Gasteiger partial charge in [0.25, 0.3) is 0 Å². The number of carbonyl (C=O) groups is 2. The number of amides is 1. The molecule has 0 radical (unpaired) electrons. The number of benzene rings is 2. The summed E-state index contributed by atoms with van der Waals surface area (Å²) in [6, 6.07) is 18.6. The topological polar surface area (TPSA) is 70.1 Å². The first-order valence-corrected chi connectivity index (χ1v) is 12.7. The molecule has 188 valence electrons. The van der Waals surface area contributed by atoms with Crippen molar-refractivity contribution in [1.29, 1.82) is 0 Å². The molecule has 6 heteroatoms. The average Bonchev–Trinajstić information content (AvgIpc) is 3.59. The van der Waals surface area contributed by atoms with E-state index >= 15 is 0 Å². The number of likely N-dealkylation sites (tertiary alicyclic amines) is 1. The molecule has 0 bridgehead atoms. The van der Waals surface area contributed by atoms with Crippen LogP contribution in [-0.2, 0) is 22.5 Å². The minimum Gasteiger partial charge on any atom is -0.481 e. The molecule has 2 atom stereocenters. The maximum atomic E-state index is 13.1. The van der Waals surface area contributed by atoms with E-state index in [0.29, 0.717) is 11.8 Å². The van der Waals surface area contributed by atoms with Gasteiger partial charge in [-0.25, -0.2) is 4.79 Å². The highest BCUT2D eigenvalue weighted by Crippen LogP contribution is 2.45. The SMILES string of the molecule is CC(C)(C)OC(=O)N(CC1CCN(Cc2ccc(CC(=O)O)cc2)CC1)[C@@H]1C[C@H]1c1ccccc1. The monoisotopic (exact) mass is 478 g/mol. The molecule has 1 N–H and O–H groups in total. The fourth-order valence-electron chi connectivity index (χ4n) is 5.05. The van der Waals surface area contributed by atoms with Crippen molar-refractivity contribution in [3.63, 3.8) is 0 Å². The van der Waals surface area contributed by atoms with Gasteiger partial charge >= 0.3 is 12.1 Å². The standard InChI is InChI=1S/C29H38N2O4/c1-29(2,3)35-28(34)31(26-18-25(26)24-7-5-4-6-8-24)20-23-13-15-30(16-14-23)19-22-11-9-21(10-12-22)17-27(32)33/h4-12,23,25-26H,13-20H2,1-3H3,(H,32,33)/t25-,26+/m0/s1. The van der Waals surface area contributed by atoms with Crippen LogP contribution in [0.1, 0.15) is 62.6 Å². The lowest BCUT2D eigenvalue weighted by molar-refractivity contribution is -0.136. The van der Waals surface area contributed by atoms with E-state index in [2.05, 4.69) is 29.2 Å². The van der Waals surface area contributed by atoms with Gasteiger partial charge in [0.05, 0.1) is 6.42 Å². The van der Waals surface area contributed by atoms with Crippen LogP contribution in [0.2, 0.25) is 0 Å². The molecule has 0 aromatic heterocycles. The third-order valence-corrected chi connectivity index (χ3v) is 6.96. The summed E-state index contributed by atoms with van der Waals surface area (Å²) in [5.74, 6) is 0.0585. The number of hydrogen-bond donors (Lipinski definition) is 1. The van der Waals surface area contributed by atoms with Crippen molar-refractivity contribution in [3.05, 3.63) is 71.3 Å². The molecule has 1 aliphatic carbocycles. The highest BCUT2D eigenvalue weighted by molar-refractivity contribution is 5.70. The molecule has 2 aliphatic rings. The van der Waals surface area contributed by atoms with E-state index in [1.807, 2.05) is 56.0 Å². The largest absolute Gasteiger partial charge is 0.481 e. The Labute approximate surface area is 208 Å². The quantitative estimate of drug-likeness (QED) is 0.556. The van der Waals surface area contributed by atoms with Crippen LogP contribution in [0.25, 0.3) is 0 Å². The van der Waals surface area contributed by atoms with Crippen LogP contribution in [0.3, 0.4) is 0 Å². The number of rotatable bonds is 8. The summed E-state index contributed by atoms with van der Waals surface area (Å²) >= 11 is 0. The lowest BCUT2D eigenvalue weighted by Crippen LogP contribution is -2.44. The summed E-state index contributed by atoms with van der Waals surface area (Å²) < 4.78 is 5.80. The maximum Gasteiger partial charge on any atom is 0.410 e. The summed E-state index contributed by atoms with van der Waals surface area (Å²) in [6.45, 7) is 9.40. The Balaban J connectivity index is 1.32. The Morgan fingerprint density at radius 3 is 2.23 bits per heavy atom. The van der Waals surface area contributed by atoms with Crippen molar-refractivity contribution in [1.82, 2.24) is 9.80 Å². The van der Waals surface area contributed by atoms with Crippen LogP contribution in [0.15, 0.2) is 54.6 Å². The Hall–Kier alpha value is -2.86. The molecule has 1 heterocycles. The fourth-order valence-corrected chi connectivity index (χ4v) is 5.05. The van der Waals surface area contributed by atoms with Crippen molar-refractivity contribution in [2.75, 3.05) is 19.6 Å². The van der Waals surface area contributed by atoms with E-state index < -0.39 is 11.6 Å². The van der Waals surface area contributed by atoms with E-state index in [-0.39, 0.29) is 18.6 Å². The van der Waals surface area contributed by atoms with Gasteiger partial charge in [-0.1, -0.05) is 54.6 Å². The van der Waals surface area contributed by atoms with Crippen molar-refractivity contribution in [3.8, 4) is 0 Å². The van der Waals surface area contributed by atoms with E-state index in [1.165, 1.54) is 11.1 Å². The van der Waals surface area contributed by atoms with Crippen LogP contribution >= 0.6 is 0 Å². The average molecular weight is 479 g/mol. The van der Waals surface area contributed by atoms with Gasteiger partial charge in [0, 0.05) is 25.0 Å². The predicted molar refractivity (Wildman–Crippen MR) is 136 cm³/mol. The number of carbonyl (C=O) groups excluding carboxylic acids is 1. The van der Waals surface area contributed by atoms with Crippen molar-refractivity contribution in [2.45, 2.75) is 70.6 Å². The minimum atomic E-state index is -0.804. The first-order valence-electron chi connectivity index (χ1n) is 12.7. The molecule has 1 saturated heterocycles. The summed E-state index contributed by atoms with van der Waals surface area (Å²) in [5, 5.41) is 8.94. The molecule has 4 rings (SSSR count). The minimum absolute atomic E-state index is 0.0615. The first kappa shape index (κ1) is 25.2. The molecule has 6 nitrogen and oxygen atoms in total. The number of ether oxygens (including phenoxy) is 1. The Kier molecular flexibility index (Phi) is 7.80. The third-order valence-electron chi connectivity index (χ3n) is 6.96. The van der Waals surface area contributed by atoms with Gasteiger partial charge in [0.2, 0.25) is 0 Å². The molecule has 1 amide bonds. The number of carboxylic acids is 1. The summed E-state index contributed by atoms with van der Waals surface area (Å²) in [7, 11) is 0. The second-order valence-electron chi connectivity index (χ2n) is 11.1. The second kappa shape index (κ2) is 10.8. The lowest BCUT2D eigenvalue weighted by atomic mass is 9.95. The molecule has 35 heavy (non-hydrogen) atoms. The van der Waals surface area contributed by atoms with E-state index in [0.717, 1.165) is 51.0 Å². The third kappa shape index (κ3) is 7.31. The van der Waals surface area contributed by atoms with Gasteiger partial charge < -0.3 is 14.7 Å².